The Morgan fingerprint density at radius 3 is 2.48 bits per heavy atom. The Labute approximate surface area is 203 Å². The molecular weight excluding hydrogens is 450 g/mol. The summed E-state index contributed by atoms with van der Waals surface area (Å²) in [5.74, 6) is 2.81. The number of amides is 1. The van der Waals surface area contributed by atoms with Crippen molar-refractivity contribution in [3.8, 4) is 5.75 Å². The van der Waals surface area contributed by atoms with Gasteiger partial charge in [0.15, 0.2) is 6.61 Å². The van der Waals surface area contributed by atoms with Crippen LogP contribution < -0.4 is 15.1 Å². The molecule has 3 aromatic rings. The van der Waals surface area contributed by atoms with Crippen molar-refractivity contribution in [2.45, 2.75) is 17.4 Å². The van der Waals surface area contributed by atoms with E-state index in [1.54, 1.807) is 6.21 Å². The normalized spacial score (nSPS) is 16.7. The van der Waals surface area contributed by atoms with Gasteiger partial charge in [-0.25, -0.2) is 5.43 Å². The van der Waals surface area contributed by atoms with Crippen LogP contribution in [0.4, 0.5) is 5.69 Å². The fourth-order valence-electron chi connectivity index (χ4n) is 4.28. The van der Waals surface area contributed by atoms with E-state index < -0.39 is 0 Å². The van der Waals surface area contributed by atoms with Gasteiger partial charge in [0.05, 0.1) is 10.8 Å². The van der Waals surface area contributed by atoms with E-state index >= 15 is 0 Å². The van der Waals surface area contributed by atoms with Gasteiger partial charge in [0, 0.05) is 41.2 Å². The molecule has 170 valence electrons. The molecule has 0 unspecified atom stereocenters. The zero-order valence-corrected chi connectivity index (χ0v) is 20.0. The Balaban J connectivity index is 1.18. The Morgan fingerprint density at radius 1 is 1.00 bits per heavy atom. The first-order valence-electron chi connectivity index (χ1n) is 11.3. The van der Waals surface area contributed by atoms with Crippen LogP contribution in [0.15, 0.2) is 65.8 Å². The van der Waals surface area contributed by atoms with Crippen molar-refractivity contribution in [2.24, 2.45) is 5.10 Å². The zero-order chi connectivity index (χ0) is 22.5. The summed E-state index contributed by atoms with van der Waals surface area (Å²) in [5.41, 5.74) is 6.13. The summed E-state index contributed by atoms with van der Waals surface area (Å²) in [4.78, 5) is 14.7. The lowest BCUT2D eigenvalue weighted by Gasteiger charge is -2.20. The summed E-state index contributed by atoms with van der Waals surface area (Å²) in [7, 11) is 0. The van der Waals surface area contributed by atoms with Gasteiger partial charge in [0.2, 0.25) is 0 Å². The molecule has 0 saturated carbocycles. The highest BCUT2D eigenvalue weighted by Gasteiger charge is 2.18. The number of hydrogen-bond acceptors (Lipinski definition) is 6. The topological polar surface area (TPSA) is 53.9 Å². The molecule has 5 rings (SSSR count). The summed E-state index contributed by atoms with van der Waals surface area (Å²) in [6.07, 6.45) is 4.20. The van der Waals surface area contributed by atoms with Crippen LogP contribution in [0, 0.1) is 0 Å². The average molecular weight is 478 g/mol. The number of carbonyl (C=O) groups is 1. The lowest BCUT2D eigenvalue weighted by atomic mass is 10.0. The van der Waals surface area contributed by atoms with E-state index in [1.165, 1.54) is 41.0 Å². The number of nitrogens with zero attached hydrogens (tertiary/aromatic N) is 2. The molecule has 0 spiro atoms. The lowest BCUT2D eigenvalue weighted by Crippen LogP contribution is -2.24. The third kappa shape index (κ3) is 5.31. The number of carbonyl (C=O) groups excluding carboxylic acids is 1. The number of benzene rings is 3. The van der Waals surface area contributed by atoms with Gasteiger partial charge in [-0.2, -0.15) is 5.10 Å². The molecule has 2 aliphatic rings. The Kier molecular flexibility index (Phi) is 7.07. The molecule has 2 heterocycles. The summed E-state index contributed by atoms with van der Waals surface area (Å²) in [6, 6.07) is 20.6. The maximum atomic E-state index is 12.2. The second-order valence-electron chi connectivity index (χ2n) is 8.14. The highest BCUT2D eigenvalue weighted by Crippen LogP contribution is 2.45. The van der Waals surface area contributed by atoms with Crippen molar-refractivity contribution in [2.75, 3.05) is 36.1 Å². The van der Waals surface area contributed by atoms with Crippen molar-refractivity contribution in [1.82, 2.24) is 5.43 Å². The van der Waals surface area contributed by atoms with E-state index in [0.717, 1.165) is 24.0 Å². The quantitative estimate of drug-likeness (QED) is 0.362. The van der Waals surface area contributed by atoms with Crippen molar-refractivity contribution >= 4 is 52.1 Å². The Morgan fingerprint density at radius 2 is 1.73 bits per heavy atom. The number of rotatable bonds is 7. The number of hydrazone groups is 1. The fraction of sp³-hybridized carbons (Fsp3) is 0.308. The third-order valence-electron chi connectivity index (χ3n) is 5.92. The number of anilines is 1. The number of thioether (sulfide) groups is 2. The standard InChI is InChI=1S/C26H27N3O2S2/c30-25(18-31-21-10-7-19(8-11-21)26-32-15-16-33-26)28-27-17-20-9-12-24(29-13-3-4-14-29)23-6-2-1-5-22(20)23/h1-2,5-12,17,26H,3-4,13-16,18H2,(H,28,30)/b27-17-. The summed E-state index contributed by atoms with van der Waals surface area (Å²) in [6.45, 7) is 2.14. The van der Waals surface area contributed by atoms with Crippen molar-refractivity contribution in [3.05, 3.63) is 71.8 Å². The molecule has 3 aromatic carbocycles. The zero-order valence-electron chi connectivity index (χ0n) is 18.4. The average Bonchev–Trinajstić information content (AvgIpc) is 3.58. The van der Waals surface area contributed by atoms with Crippen LogP contribution in [0.2, 0.25) is 0 Å². The van der Waals surface area contributed by atoms with E-state index in [-0.39, 0.29) is 12.5 Å². The minimum Gasteiger partial charge on any atom is -0.484 e. The van der Waals surface area contributed by atoms with Gasteiger partial charge in [-0.05, 0) is 42.0 Å². The Bertz CT molecular complexity index is 1140. The van der Waals surface area contributed by atoms with Crippen LogP contribution in [-0.2, 0) is 4.79 Å². The van der Waals surface area contributed by atoms with E-state index in [0.29, 0.717) is 10.3 Å². The first-order valence-corrected chi connectivity index (χ1v) is 13.4. The lowest BCUT2D eigenvalue weighted by molar-refractivity contribution is -0.123. The maximum Gasteiger partial charge on any atom is 0.277 e. The van der Waals surface area contributed by atoms with Crippen LogP contribution >= 0.6 is 23.5 Å². The number of fused-ring (bicyclic) bond motifs is 1. The fourth-order valence-corrected chi connectivity index (χ4v) is 7.14. The van der Waals surface area contributed by atoms with Crippen molar-refractivity contribution in [1.29, 1.82) is 0 Å². The first kappa shape index (κ1) is 22.2. The summed E-state index contributed by atoms with van der Waals surface area (Å²) < 4.78 is 6.14. The predicted molar refractivity (Wildman–Crippen MR) is 141 cm³/mol. The molecule has 5 nitrogen and oxygen atoms in total. The second kappa shape index (κ2) is 10.5. The highest BCUT2D eigenvalue weighted by molar-refractivity contribution is 8.19. The maximum absolute atomic E-state index is 12.2. The summed E-state index contributed by atoms with van der Waals surface area (Å²) in [5, 5.41) is 6.53. The van der Waals surface area contributed by atoms with Gasteiger partial charge >= 0.3 is 0 Å². The smallest absolute Gasteiger partial charge is 0.277 e. The minimum atomic E-state index is -0.282. The van der Waals surface area contributed by atoms with Gasteiger partial charge in [-0.3, -0.25) is 4.79 Å². The molecule has 0 aliphatic carbocycles. The highest BCUT2D eigenvalue weighted by atomic mass is 32.2. The van der Waals surface area contributed by atoms with Crippen LogP contribution in [0.1, 0.15) is 28.6 Å². The Hall–Kier alpha value is -2.64. The third-order valence-corrected chi connectivity index (χ3v) is 9.02. The first-order chi connectivity index (χ1) is 16.3. The van der Waals surface area contributed by atoms with Gasteiger partial charge in [0.25, 0.3) is 5.91 Å². The monoisotopic (exact) mass is 477 g/mol. The van der Waals surface area contributed by atoms with Gasteiger partial charge < -0.3 is 9.64 Å². The molecule has 7 heteroatoms. The molecule has 2 fully saturated rings. The van der Waals surface area contributed by atoms with Crippen LogP contribution in [0.3, 0.4) is 0 Å². The molecule has 0 atom stereocenters. The molecule has 0 bridgehead atoms. The molecule has 2 aliphatic heterocycles. The number of hydrogen-bond donors (Lipinski definition) is 1. The number of nitrogens with one attached hydrogen (secondary N) is 1. The van der Waals surface area contributed by atoms with Crippen molar-refractivity contribution < 1.29 is 9.53 Å². The van der Waals surface area contributed by atoms with Gasteiger partial charge in [-0.15, -0.1) is 23.5 Å². The second-order valence-corrected chi connectivity index (χ2v) is 10.9. The van der Waals surface area contributed by atoms with E-state index in [4.69, 9.17) is 4.74 Å². The molecule has 2 saturated heterocycles. The van der Waals surface area contributed by atoms with Crippen LogP contribution in [0.5, 0.6) is 5.75 Å². The molecule has 1 amide bonds. The van der Waals surface area contributed by atoms with Crippen LogP contribution in [-0.4, -0.2) is 43.3 Å². The molecule has 0 aromatic heterocycles. The SMILES string of the molecule is O=C(COc1ccc(C2SCCS2)cc1)N/N=C\c1ccc(N2CCCC2)c2ccccc12. The van der Waals surface area contributed by atoms with E-state index in [2.05, 4.69) is 57.9 Å². The molecular formula is C26H27N3O2S2. The van der Waals surface area contributed by atoms with E-state index in [9.17, 15) is 4.79 Å². The van der Waals surface area contributed by atoms with Gasteiger partial charge in [0.1, 0.15) is 5.75 Å². The summed E-state index contributed by atoms with van der Waals surface area (Å²) >= 11 is 3.95. The predicted octanol–water partition coefficient (Wildman–Crippen LogP) is 5.45. The minimum absolute atomic E-state index is 0.0712. The number of ether oxygens (including phenoxy) is 1. The largest absolute Gasteiger partial charge is 0.484 e. The molecule has 1 N–H and O–H groups in total. The van der Waals surface area contributed by atoms with Crippen molar-refractivity contribution in [3.63, 3.8) is 0 Å². The molecule has 33 heavy (non-hydrogen) atoms. The van der Waals surface area contributed by atoms with E-state index in [1.807, 2.05) is 41.7 Å². The molecule has 0 radical (unpaired) electrons. The van der Waals surface area contributed by atoms with Crippen LogP contribution in [0.25, 0.3) is 10.8 Å². The van der Waals surface area contributed by atoms with Gasteiger partial charge in [-0.1, -0.05) is 42.5 Å².